The number of hydrogen-bond donors (Lipinski definition) is 1. The van der Waals surface area contributed by atoms with Crippen LogP contribution in [0.3, 0.4) is 0 Å². The third kappa shape index (κ3) is 4.11. The Morgan fingerprint density at radius 3 is 2.53 bits per heavy atom. The van der Waals surface area contributed by atoms with Gasteiger partial charge in [0.1, 0.15) is 5.75 Å². The number of aromatic nitrogens is 3. The van der Waals surface area contributed by atoms with E-state index in [0.29, 0.717) is 18.1 Å². The summed E-state index contributed by atoms with van der Waals surface area (Å²) >= 11 is 1.55. The monoisotopic (exact) mass is 418 g/mol. The second-order valence-corrected chi connectivity index (χ2v) is 7.94. The van der Waals surface area contributed by atoms with E-state index in [0.717, 1.165) is 32.4 Å². The molecule has 0 spiro atoms. The van der Waals surface area contributed by atoms with Crippen LogP contribution in [0.15, 0.2) is 54.6 Å². The maximum atomic E-state index is 13.1. The van der Waals surface area contributed by atoms with Crippen LogP contribution in [0.2, 0.25) is 0 Å². The van der Waals surface area contributed by atoms with Crippen molar-refractivity contribution in [2.24, 2.45) is 0 Å². The van der Waals surface area contributed by atoms with Crippen LogP contribution in [0.1, 0.15) is 28.6 Å². The van der Waals surface area contributed by atoms with Crippen molar-refractivity contribution in [1.82, 2.24) is 14.6 Å². The summed E-state index contributed by atoms with van der Waals surface area (Å²) in [5, 5.41) is 7.27. The van der Waals surface area contributed by atoms with Gasteiger partial charge in [-0.05, 0) is 50.1 Å². The van der Waals surface area contributed by atoms with Gasteiger partial charge >= 0.3 is 0 Å². The number of amides is 1. The fourth-order valence-electron chi connectivity index (χ4n) is 3.06. The van der Waals surface area contributed by atoms with E-state index in [1.165, 1.54) is 0 Å². The Hall–Kier alpha value is -3.45. The number of hydrogen-bond acceptors (Lipinski definition) is 5. The normalized spacial score (nSPS) is 11.6. The predicted molar refractivity (Wildman–Crippen MR) is 121 cm³/mol. The van der Waals surface area contributed by atoms with Gasteiger partial charge in [-0.25, -0.2) is 4.52 Å². The first kappa shape index (κ1) is 19.8. The zero-order valence-corrected chi connectivity index (χ0v) is 17.9. The van der Waals surface area contributed by atoms with E-state index in [-0.39, 0.29) is 5.91 Å². The summed E-state index contributed by atoms with van der Waals surface area (Å²) in [4.78, 5) is 19.5. The molecule has 1 amide bonds. The average Bonchev–Trinajstić information content (AvgIpc) is 3.26. The minimum Gasteiger partial charge on any atom is -0.494 e. The van der Waals surface area contributed by atoms with Crippen molar-refractivity contribution >= 4 is 39.8 Å². The predicted octanol–water partition coefficient (Wildman–Crippen LogP) is 4.99. The first-order chi connectivity index (χ1) is 14.5. The first-order valence-corrected chi connectivity index (χ1v) is 10.5. The number of carbonyl (C=O) groups excluding carboxylic acids is 1. The highest BCUT2D eigenvalue weighted by Gasteiger charge is 2.17. The molecule has 0 radical (unpaired) electrons. The van der Waals surface area contributed by atoms with Gasteiger partial charge < -0.3 is 4.74 Å². The van der Waals surface area contributed by atoms with Crippen LogP contribution in [0.5, 0.6) is 5.75 Å². The number of nitrogens with zero attached hydrogens (tertiary/aromatic N) is 3. The first-order valence-electron chi connectivity index (χ1n) is 9.69. The molecule has 0 atom stereocenters. The minimum absolute atomic E-state index is 0.261. The minimum atomic E-state index is -0.261. The molecule has 0 saturated heterocycles. The van der Waals surface area contributed by atoms with Crippen LogP contribution in [0.4, 0.5) is 5.95 Å². The van der Waals surface area contributed by atoms with E-state index in [4.69, 9.17) is 4.74 Å². The van der Waals surface area contributed by atoms with Crippen molar-refractivity contribution in [1.29, 1.82) is 0 Å². The second kappa shape index (κ2) is 8.51. The van der Waals surface area contributed by atoms with Crippen molar-refractivity contribution in [3.63, 3.8) is 0 Å². The number of benzene rings is 2. The van der Waals surface area contributed by atoms with Gasteiger partial charge in [-0.3, -0.25) is 10.1 Å². The molecule has 0 aliphatic carbocycles. The fraction of sp³-hybridized carbons (Fsp3) is 0.174. The van der Waals surface area contributed by atoms with E-state index in [1.807, 2.05) is 81.4 Å². The fourth-order valence-corrected chi connectivity index (χ4v) is 3.96. The quantitative estimate of drug-likeness (QED) is 0.354. The number of aryl methyl sites for hydroxylation is 2. The Bertz CT molecular complexity index is 1210. The highest BCUT2D eigenvalue weighted by molar-refractivity contribution is 7.17. The standard InChI is InChI=1S/C23H22N4O2S/c1-4-29-19-12-10-17(11-13-19)14-20(18-8-6-5-7-9-18)21(28)24-22-25-23-27(26-22)15(2)16(3)30-23/h5-14H,4H2,1-3H3,(H,24,26,28)/b20-14+. The summed E-state index contributed by atoms with van der Waals surface area (Å²) in [6, 6.07) is 17.2. The number of thiazole rings is 1. The lowest BCUT2D eigenvalue weighted by Crippen LogP contribution is -2.15. The zero-order chi connectivity index (χ0) is 21.1. The van der Waals surface area contributed by atoms with Gasteiger partial charge in [0.05, 0.1) is 12.3 Å². The van der Waals surface area contributed by atoms with Crippen molar-refractivity contribution < 1.29 is 9.53 Å². The highest BCUT2D eigenvalue weighted by atomic mass is 32.1. The number of ether oxygens (including phenoxy) is 1. The number of fused-ring (bicyclic) bond motifs is 1. The number of anilines is 1. The van der Waals surface area contributed by atoms with Crippen molar-refractivity contribution in [2.45, 2.75) is 20.8 Å². The Morgan fingerprint density at radius 2 is 1.87 bits per heavy atom. The molecule has 152 valence electrons. The lowest BCUT2D eigenvalue weighted by Gasteiger charge is -2.08. The largest absolute Gasteiger partial charge is 0.494 e. The molecule has 0 fully saturated rings. The van der Waals surface area contributed by atoms with Crippen LogP contribution in [-0.2, 0) is 4.79 Å². The topological polar surface area (TPSA) is 68.5 Å². The van der Waals surface area contributed by atoms with Gasteiger partial charge in [0.15, 0.2) is 0 Å². The van der Waals surface area contributed by atoms with E-state index >= 15 is 0 Å². The Balaban J connectivity index is 1.65. The van der Waals surface area contributed by atoms with E-state index in [1.54, 1.807) is 15.9 Å². The smallest absolute Gasteiger partial charge is 0.258 e. The summed E-state index contributed by atoms with van der Waals surface area (Å²) in [6.07, 6.45) is 1.86. The Kier molecular flexibility index (Phi) is 5.63. The van der Waals surface area contributed by atoms with Crippen LogP contribution in [0.25, 0.3) is 16.6 Å². The molecule has 2 aromatic heterocycles. The Labute approximate surface area is 178 Å². The molecule has 2 aromatic carbocycles. The number of nitrogens with one attached hydrogen (secondary N) is 1. The number of carbonyl (C=O) groups is 1. The van der Waals surface area contributed by atoms with Crippen LogP contribution >= 0.6 is 11.3 Å². The van der Waals surface area contributed by atoms with Gasteiger partial charge in [0, 0.05) is 10.5 Å². The summed E-state index contributed by atoms with van der Waals surface area (Å²) in [5.74, 6) is 0.832. The molecule has 1 N–H and O–H groups in total. The van der Waals surface area contributed by atoms with E-state index in [2.05, 4.69) is 15.4 Å². The third-order valence-corrected chi connectivity index (χ3v) is 5.75. The SMILES string of the molecule is CCOc1ccc(/C=C(/C(=O)Nc2nc3sc(C)c(C)n3n2)c2ccccc2)cc1. The third-order valence-electron chi connectivity index (χ3n) is 4.71. The summed E-state index contributed by atoms with van der Waals surface area (Å²) < 4.78 is 7.26. The lowest BCUT2D eigenvalue weighted by atomic mass is 10.0. The van der Waals surface area contributed by atoms with Crippen LogP contribution in [-0.4, -0.2) is 27.1 Å². The second-order valence-electron chi connectivity index (χ2n) is 6.75. The summed E-state index contributed by atoms with van der Waals surface area (Å²) in [5.41, 5.74) is 3.27. The molecule has 7 heteroatoms. The van der Waals surface area contributed by atoms with E-state index in [9.17, 15) is 4.79 Å². The summed E-state index contributed by atoms with van der Waals surface area (Å²) in [7, 11) is 0. The molecule has 0 saturated carbocycles. The van der Waals surface area contributed by atoms with Crippen LogP contribution < -0.4 is 10.1 Å². The van der Waals surface area contributed by atoms with Crippen LogP contribution in [0, 0.1) is 13.8 Å². The van der Waals surface area contributed by atoms with Gasteiger partial charge in [0.2, 0.25) is 4.96 Å². The molecule has 0 aliphatic rings. The van der Waals surface area contributed by atoms with Gasteiger partial charge in [-0.15, -0.1) is 5.10 Å². The van der Waals surface area contributed by atoms with Gasteiger partial charge in [-0.1, -0.05) is 53.8 Å². The Morgan fingerprint density at radius 1 is 1.13 bits per heavy atom. The van der Waals surface area contributed by atoms with Gasteiger partial charge in [-0.2, -0.15) is 4.98 Å². The molecular formula is C23H22N4O2S. The lowest BCUT2D eigenvalue weighted by molar-refractivity contribution is -0.111. The molecule has 0 aliphatic heterocycles. The molecule has 2 heterocycles. The zero-order valence-electron chi connectivity index (χ0n) is 17.0. The maximum Gasteiger partial charge on any atom is 0.258 e. The molecule has 4 aromatic rings. The molecule has 30 heavy (non-hydrogen) atoms. The number of rotatable bonds is 6. The molecule has 6 nitrogen and oxygen atoms in total. The molecular weight excluding hydrogens is 396 g/mol. The summed E-state index contributed by atoms with van der Waals surface area (Å²) in [6.45, 7) is 6.57. The highest BCUT2D eigenvalue weighted by Crippen LogP contribution is 2.24. The molecule has 0 bridgehead atoms. The van der Waals surface area contributed by atoms with Gasteiger partial charge in [0.25, 0.3) is 11.9 Å². The van der Waals surface area contributed by atoms with Crippen molar-refractivity contribution in [2.75, 3.05) is 11.9 Å². The molecule has 0 unspecified atom stereocenters. The van der Waals surface area contributed by atoms with Crippen molar-refractivity contribution in [3.8, 4) is 5.75 Å². The van der Waals surface area contributed by atoms with Crippen molar-refractivity contribution in [3.05, 3.63) is 76.3 Å². The average molecular weight is 419 g/mol. The maximum absolute atomic E-state index is 13.1. The van der Waals surface area contributed by atoms with E-state index < -0.39 is 0 Å². The molecule has 4 rings (SSSR count).